The van der Waals surface area contributed by atoms with Crippen molar-refractivity contribution in [2.45, 2.75) is 0 Å². The quantitative estimate of drug-likeness (QED) is 0.203. The van der Waals surface area contributed by atoms with E-state index >= 15 is 0 Å². The summed E-state index contributed by atoms with van der Waals surface area (Å²) in [5.74, 6) is 0. The third-order valence-corrected chi connectivity index (χ3v) is 9.56. The summed E-state index contributed by atoms with van der Waals surface area (Å²) < 4.78 is 11.0. The molecule has 0 aliphatic carbocycles. The van der Waals surface area contributed by atoms with Crippen LogP contribution in [0, 0.1) is 11.3 Å². The SMILES string of the molecule is N#Cc1ccc(-n2c3ccccc3c3ccccc32)c(-c2ccccc2-n2c3ccccc3c3c4c(ccc32)oc2ccccc24)c1. The Labute approximate surface area is 269 Å². The van der Waals surface area contributed by atoms with Crippen LogP contribution in [0.25, 0.3) is 88.1 Å². The highest BCUT2D eigenvalue weighted by Crippen LogP contribution is 2.44. The molecule has 0 unspecified atom stereocenters. The van der Waals surface area contributed by atoms with Crippen LogP contribution in [0.2, 0.25) is 0 Å². The first-order valence-electron chi connectivity index (χ1n) is 15.8. The van der Waals surface area contributed by atoms with Gasteiger partial charge >= 0.3 is 0 Å². The van der Waals surface area contributed by atoms with Crippen LogP contribution in [-0.2, 0) is 0 Å². The maximum Gasteiger partial charge on any atom is 0.136 e. The summed E-state index contributed by atoms with van der Waals surface area (Å²) in [6.07, 6.45) is 0. The van der Waals surface area contributed by atoms with Gasteiger partial charge in [-0.25, -0.2) is 0 Å². The highest BCUT2D eigenvalue weighted by molar-refractivity contribution is 6.27. The van der Waals surface area contributed by atoms with Crippen LogP contribution in [-0.4, -0.2) is 9.13 Å². The molecule has 0 amide bonds. The highest BCUT2D eigenvalue weighted by Gasteiger charge is 2.22. The van der Waals surface area contributed by atoms with Crippen LogP contribution in [0.3, 0.4) is 0 Å². The fraction of sp³-hybridized carbons (Fsp3) is 0. The molecule has 47 heavy (non-hydrogen) atoms. The summed E-state index contributed by atoms with van der Waals surface area (Å²) in [6, 6.07) is 55.2. The van der Waals surface area contributed by atoms with Gasteiger partial charge in [0.25, 0.3) is 0 Å². The Balaban J connectivity index is 1.33. The predicted molar refractivity (Wildman–Crippen MR) is 193 cm³/mol. The van der Waals surface area contributed by atoms with Crippen molar-refractivity contribution in [2.75, 3.05) is 0 Å². The van der Waals surface area contributed by atoms with Crippen LogP contribution >= 0.6 is 0 Å². The number of fused-ring (bicyclic) bond motifs is 10. The van der Waals surface area contributed by atoms with Gasteiger partial charge in [0.2, 0.25) is 0 Å². The lowest BCUT2D eigenvalue weighted by Gasteiger charge is -2.18. The molecular weight excluding hydrogens is 574 g/mol. The zero-order valence-corrected chi connectivity index (χ0v) is 25.2. The Kier molecular flexibility index (Phi) is 5.32. The molecule has 4 nitrogen and oxygen atoms in total. The number of aromatic nitrogens is 2. The molecule has 0 spiro atoms. The third kappa shape index (κ3) is 3.57. The minimum Gasteiger partial charge on any atom is -0.456 e. The van der Waals surface area contributed by atoms with Gasteiger partial charge in [0, 0.05) is 43.4 Å². The molecule has 0 aliphatic heterocycles. The number of nitriles is 1. The summed E-state index contributed by atoms with van der Waals surface area (Å²) in [5.41, 5.74) is 11.0. The number of hydrogen-bond acceptors (Lipinski definition) is 2. The molecule has 0 aliphatic rings. The molecule has 0 saturated carbocycles. The Morgan fingerprint density at radius 3 is 1.74 bits per heavy atom. The van der Waals surface area contributed by atoms with Crippen molar-refractivity contribution in [3.8, 4) is 28.6 Å². The molecule has 3 heterocycles. The minimum atomic E-state index is 0.619. The van der Waals surface area contributed by atoms with E-state index in [0.717, 1.165) is 66.5 Å². The van der Waals surface area contributed by atoms with Gasteiger partial charge in [0.05, 0.1) is 45.1 Å². The van der Waals surface area contributed by atoms with Gasteiger partial charge in [-0.05, 0) is 60.7 Å². The molecule has 0 saturated heterocycles. The minimum absolute atomic E-state index is 0.619. The zero-order valence-electron chi connectivity index (χ0n) is 25.2. The Morgan fingerprint density at radius 2 is 1.00 bits per heavy atom. The van der Waals surface area contributed by atoms with Crippen molar-refractivity contribution >= 4 is 65.6 Å². The fourth-order valence-corrected chi connectivity index (χ4v) is 7.63. The molecule has 4 heteroatoms. The zero-order chi connectivity index (χ0) is 31.1. The molecule has 7 aromatic carbocycles. The second-order valence-electron chi connectivity index (χ2n) is 12.0. The Hall–Kier alpha value is -6.57. The van der Waals surface area contributed by atoms with Crippen molar-refractivity contribution < 1.29 is 4.42 Å². The number of rotatable bonds is 3. The average Bonchev–Trinajstić information content (AvgIpc) is 3.79. The van der Waals surface area contributed by atoms with E-state index < -0.39 is 0 Å². The van der Waals surface area contributed by atoms with Crippen molar-refractivity contribution in [2.24, 2.45) is 0 Å². The van der Waals surface area contributed by atoms with Crippen molar-refractivity contribution in [1.29, 1.82) is 5.26 Å². The number of furan rings is 1. The van der Waals surface area contributed by atoms with Gasteiger partial charge in [0.1, 0.15) is 11.2 Å². The monoisotopic (exact) mass is 599 g/mol. The molecular formula is C43H25N3O. The first kappa shape index (κ1) is 25.7. The van der Waals surface area contributed by atoms with E-state index in [1.807, 2.05) is 24.3 Å². The second kappa shape index (κ2) is 9.71. The van der Waals surface area contributed by atoms with E-state index in [1.54, 1.807) is 0 Å². The molecule has 0 N–H and O–H groups in total. The smallest absolute Gasteiger partial charge is 0.136 e. The highest BCUT2D eigenvalue weighted by atomic mass is 16.3. The Morgan fingerprint density at radius 1 is 0.426 bits per heavy atom. The lowest BCUT2D eigenvalue weighted by molar-refractivity contribution is 0.669. The number of benzene rings is 7. The summed E-state index contributed by atoms with van der Waals surface area (Å²) in [5, 5.41) is 17.1. The molecule has 10 aromatic rings. The first-order valence-corrected chi connectivity index (χ1v) is 15.8. The number of hydrogen-bond donors (Lipinski definition) is 0. The molecule has 0 fully saturated rings. The standard InChI is InChI=1S/C43H25N3O/c44-26-27-21-22-38(45-34-16-6-1-11-28(34)29-12-2-7-17-35(29)45)33(25-27)30-13-3-8-18-36(30)46-37-19-9-4-14-31(37)42-39(46)23-24-41-43(42)32-15-5-10-20-40(32)47-41/h1-25H. The van der Waals surface area contributed by atoms with Gasteiger partial charge in [-0.3, -0.25) is 0 Å². The van der Waals surface area contributed by atoms with Gasteiger partial charge in [-0.15, -0.1) is 0 Å². The van der Waals surface area contributed by atoms with Crippen molar-refractivity contribution in [1.82, 2.24) is 9.13 Å². The lowest BCUT2D eigenvalue weighted by Crippen LogP contribution is -2.02. The fourth-order valence-electron chi connectivity index (χ4n) is 7.63. The van der Waals surface area contributed by atoms with E-state index in [9.17, 15) is 5.26 Å². The summed E-state index contributed by atoms with van der Waals surface area (Å²) in [7, 11) is 0. The number of nitrogens with zero attached hydrogens (tertiary/aromatic N) is 3. The summed E-state index contributed by atoms with van der Waals surface area (Å²) >= 11 is 0. The van der Waals surface area contributed by atoms with Crippen molar-refractivity contribution in [3.05, 3.63) is 157 Å². The Bertz CT molecular complexity index is 2880. The van der Waals surface area contributed by atoms with Crippen LogP contribution < -0.4 is 0 Å². The van der Waals surface area contributed by atoms with Crippen LogP contribution in [0.4, 0.5) is 0 Å². The van der Waals surface area contributed by atoms with Crippen LogP contribution in [0.5, 0.6) is 0 Å². The molecule has 10 rings (SSSR count). The first-order chi connectivity index (χ1) is 23.3. The van der Waals surface area contributed by atoms with E-state index in [0.29, 0.717) is 5.56 Å². The van der Waals surface area contributed by atoms with Gasteiger partial charge in [0.15, 0.2) is 0 Å². The molecule has 0 radical (unpaired) electrons. The number of para-hydroxylation sites is 5. The third-order valence-electron chi connectivity index (χ3n) is 9.56. The normalized spacial score (nSPS) is 11.8. The molecule has 3 aromatic heterocycles. The van der Waals surface area contributed by atoms with Crippen LogP contribution in [0.15, 0.2) is 156 Å². The summed E-state index contributed by atoms with van der Waals surface area (Å²) in [6.45, 7) is 0. The largest absolute Gasteiger partial charge is 0.456 e. The average molecular weight is 600 g/mol. The van der Waals surface area contributed by atoms with Gasteiger partial charge in [-0.2, -0.15) is 5.26 Å². The summed E-state index contributed by atoms with van der Waals surface area (Å²) in [4.78, 5) is 0. The van der Waals surface area contributed by atoms with E-state index in [2.05, 4.69) is 143 Å². The van der Waals surface area contributed by atoms with Crippen molar-refractivity contribution in [3.63, 3.8) is 0 Å². The van der Waals surface area contributed by atoms with Gasteiger partial charge in [-0.1, -0.05) is 91.0 Å². The molecule has 0 atom stereocenters. The maximum atomic E-state index is 10.1. The molecule has 218 valence electrons. The van der Waals surface area contributed by atoms with Crippen LogP contribution in [0.1, 0.15) is 5.56 Å². The maximum absolute atomic E-state index is 10.1. The van der Waals surface area contributed by atoms with E-state index in [-0.39, 0.29) is 0 Å². The lowest BCUT2D eigenvalue weighted by atomic mass is 9.98. The van der Waals surface area contributed by atoms with E-state index in [4.69, 9.17) is 4.42 Å². The molecule has 0 bridgehead atoms. The van der Waals surface area contributed by atoms with Gasteiger partial charge < -0.3 is 13.6 Å². The predicted octanol–water partition coefficient (Wildman–Crippen LogP) is 11.3. The topological polar surface area (TPSA) is 46.8 Å². The second-order valence-corrected chi connectivity index (χ2v) is 12.0. The van der Waals surface area contributed by atoms with E-state index in [1.165, 1.54) is 21.5 Å².